The minimum Gasteiger partial charge on any atom is -0.488 e. The lowest BCUT2D eigenvalue weighted by Gasteiger charge is -2.33. The summed E-state index contributed by atoms with van der Waals surface area (Å²) in [7, 11) is -5.81. The minimum absolute atomic E-state index is 0.0330. The monoisotopic (exact) mass is 500 g/mol. The second-order valence-electron chi connectivity index (χ2n) is 7.13. The summed E-state index contributed by atoms with van der Waals surface area (Å²) < 4.78 is 39.6. The molecular weight excluding hydrogens is 464 g/mol. The molecule has 0 fully saturated rings. The summed E-state index contributed by atoms with van der Waals surface area (Å²) in [5.74, 6) is 0.165. The number of allylic oxidation sites excluding steroid dienone is 3. The zero-order valence-corrected chi connectivity index (χ0v) is 22.2. The Morgan fingerprint density at radius 2 is 1.15 bits per heavy atom. The third-order valence-corrected chi connectivity index (χ3v) is 9.47. The molecule has 0 saturated heterocycles. The first-order valence-corrected chi connectivity index (χ1v) is 13.8. The highest BCUT2D eigenvalue weighted by atomic mass is 28.4. The Balaban J connectivity index is 5.45. The predicted molar refractivity (Wildman–Crippen MR) is 129 cm³/mol. The van der Waals surface area contributed by atoms with Crippen LogP contribution in [0.3, 0.4) is 0 Å². The van der Waals surface area contributed by atoms with Crippen LogP contribution in [0.1, 0.15) is 27.7 Å². The molecular formula is C22H36O9Si2. The van der Waals surface area contributed by atoms with Crippen molar-refractivity contribution in [3.05, 3.63) is 62.3 Å². The van der Waals surface area contributed by atoms with Gasteiger partial charge in [0.2, 0.25) is 0 Å². The van der Waals surface area contributed by atoms with Crippen molar-refractivity contribution in [3.8, 4) is 0 Å². The van der Waals surface area contributed by atoms with Crippen molar-refractivity contribution in [1.29, 1.82) is 0 Å². The first-order chi connectivity index (χ1) is 15.4. The third-order valence-electron chi connectivity index (χ3n) is 3.58. The maximum Gasteiger partial charge on any atom is 0.698 e. The number of hydrogen-bond donors (Lipinski definition) is 0. The average Bonchev–Trinajstić information content (AvgIpc) is 2.69. The third kappa shape index (κ3) is 14.2. The summed E-state index contributed by atoms with van der Waals surface area (Å²) in [5.41, 5.74) is -0.195. The number of rotatable bonds is 19. The smallest absolute Gasteiger partial charge is 0.488 e. The minimum atomic E-state index is -3.37. The second kappa shape index (κ2) is 16.1. The molecule has 0 rings (SSSR count). The van der Waals surface area contributed by atoms with Crippen molar-refractivity contribution in [3.63, 3.8) is 0 Å². The highest BCUT2D eigenvalue weighted by Crippen LogP contribution is 2.32. The molecule has 0 aliphatic rings. The van der Waals surface area contributed by atoms with Gasteiger partial charge >= 0.3 is 30.0 Å². The summed E-state index contributed by atoms with van der Waals surface area (Å²) in [6.07, 6.45) is 2.14. The van der Waals surface area contributed by atoms with Crippen LogP contribution >= 0.6 is 0 Å². The molecule has 0 aromatic carbocycles. The van der Waals surface area contributed by atoms with Crippen LogP contribution in [0.4, 0.5) is 0 Å². The van der Waals surface area contributed by atoms with Crippen LogP contribution in [-0.2, 0) is 41.2 Å². The van der Waals surface area contributed by atoms with E-state index in [0.29, 0.717) is 23.3 Å². The van der Waals surface area contributed by atoms with Crippen molar-refractivity contribution in [2.75, 3.05) is 26.4 Å². The van der Waals surface area contributed by atoms with Gasteiger partial charge in [-0.1, -0.05) is 39.8 Å². The van der Waals surface area contributed by atoms with Gasteiger partial charge in [0.15, 0.2) is 0 Å². The first kappa shape index (κ1) is 30.4. The molecule has 0 spiro atoms. The van der Waals surface area contributed by atoms with E-state index >= 15 is 0 Å². The van der Waals surface area contributed by atoms with E-state index in [1.807, 2.05) is 6.92 Å². The van der Waals surface area contributed by atoms with E-state index in [1.165, 1.54) is 0 Å². The molecule has 0 heterocycles. The Morgan fingerprint density at radius 3 is 1.45 bits per heavy atom. The largest absolute Gasteiger partial charge is 0.698 e. The van der Waals surface area contributed by atoms with Gasteiger partial charge in [0.25, 0.3) is 0 Å². The number of esters is 2. The zero-order chi connectivity index (χ0) is 25.4. The molecule has 0 N–H and O–H groups in total. The van der Waals surface area contributed by atoms with Crippen LogP contribution in [0.25, 0.3) is 0 Å². The van der Waals surface area contributed by atoms with Crippen molar-refractivity contribution >= 4 is 30.0 Å². The van der Waals surface area contributed by atoms with E-state index < -0.39 is 30.0 Å². The standard InChI is InChI=1S/C22H36O9Si2/c1-10-21(23)25-12-14-27-32(28-15-13-26-22(24)11-2)20(9)16-33(29-17(3)4,30-18(5)6)31-19(7)8/h10-11,20,32H,1-3,5,7,12-16H2,4,6,8-9H3. The molecule has 0 aliphatic heterocycles. The van der Waals surface area contributed by atoms with Crippen molar-refractivity contribution in [1.82, 2.24) is 0 Å². The molecule has 1 atom stereocenters. The molecule has 186 valence electrons. The Labute approximate surface area is 199 Å². The van der Waals surface area contributed by atoms with Gasteiger partial charge in [-0.3, -0.25) is 0 Å². The van der Waals surface area contributed by atoms with Gasteiger partial charge in [-0.25, -0.2) is 9.59 Å². The second-order valence-corrected chi connectivity index (χ2v) is 12.1. The van der Waals surface area contributed by atoms with Gasteiger partial charge in [0.05, 0.1) is 36.5 Å². The van der Waals surface area contributed by atoms with Gasteiger partial charge < -0.3 is 31.6 Å². The van der Waals surface area contributed by atoms with Crippen LogP contribution in [0.2, 0.25) is 11.6 Å². The Morgan fingerprint density at radius 1 is 0.788 bits per heavy atom. The highest BCUT2D eigenvalue weighted by molar-refractivity contribution is 6.64. The molecule has 0 radical (unpaired) electrons. The fourth-order valence-electron chi connectivity index (χ4n) is 2.58. The molecule has 0 aromatic rings. The maximum atomic E-state index is 11.2. The van der Waals surface area contributed by atoms with Crippen molar-refractivity contribution < 1.29 is 41.2 Å². The molecule has 1 unspecified atom stereocenters. The first-order valence-electron chi connectivity index (χ1n) is 10.3. The molecule has 33 heavy (non-hydrogen) atoms. The average molecular weight is 501 g/mol. The summed E-state index contributed by atoms with van der Waals surface area (Å²) in [6.45, 7) is 25.4. The lowest BCUT2D eigenvalue weighted by Crippen LogP contribution is -2.47. The Bertz CT molecular complexity index is 652. The lowest BCUT2D eigenvalue weighted by atomic mass is 10.6. The van der Waals surface area contributed by atoms with Crippen molar-refractivity contribution in [2.45, 2.75) is 39.3 Å². The van der Waals surface area contributed by atoms with Crippen LogP contribution in [-0.4, -0.2) is 56.5 Å². The van der Waals surface area contributed by atoms with Crippen LogP contribution in [0.5, 0.6) is 0 Å². The number of carbonyl (C=O) groups is 2. The summed E-state index contributed by atoms with van der Waals surface area (Å²) in [6, 6.07) is 0.315. The van der Waals surface area contributed by atoms with E-state index in [2.05, 4.69) is 32.9 Å². The SMILES string of the molecule is C=CC(=O)OCCO[SiH](OCCOC(=O)C=C)C(C)C[Si](OC(=C)C)(OC(=C)C)OC(=C)C. The number of hydrogen-bond acceptors (Lipinski definition) is 9. The summed E-state index contributed by atoms with van der Waals surface area (Å²) >= 11 is 0. The molecule has 0 amide bonds. The molecule has 0 aromatic heterocycles. The molecule has 0 bridgehead atoms. The molecule has 0 aliphatic carbocycles. The quantitative estimate of drug-likeness (QED) is 0.0864. The van der Waals surface area contributed by atoms with Crippen LogP contribution in [0, 0.1) is 0 Å². The number of ether oxygens (including phenoxy) is 2. The van der Waals surface area contributed by atoms with E-state index in [0.717, 1.165) is 12.2 Å². The van der Waals surface area contributed by atoms with Gasteiger partial charge in [-0.05, 0) is 20.8 Å². The van der Waals surface area contributed by atoms with Gasteiger partial charge in [-0.15, -0.1) is 0 Å². The van der Waals surface area contributed by atoms with Gasteiger partial charge in [-0.2, -0.15) is 0 Å². The Hall–Kier alpha value is -2.61. The van der Waals surface area contributed by atoms with Crippen molar-refractivity contribution in [2.24, 2.45) is 0 Å². The fraction of sp³-hybridized carbons (Fsp3) is 0.455. The summed E-state index contributed by atoms with van der Waals surface area (Å²) in [5, 5.41) is 0. The van der Waals surface area contributed by atoms with Gasteiger partial charge in [0, 0.05) is 17.7 Å². The van der Waals surface area contributed by atoms with Gasteiger partial charge in [0.1, 0.15) is 13.2 Å². The zero-order valence-electron chi connectivity index (χ0n) is 20.1. The number of carbonyl (C=O) groups excluding carboxylic acids is 2. The Kier molecular flexibility index (Phi) is 14.8. The molecule has 0 saturated carbocycles. The van der Waals surface area contributed by atoms with E-state index in [4.69, 9.17) is 31.6 Å². The van der Waals surface area contributed by atoms with Crippen LogP contribution < -0.4 is 0 Å². The lowest BCUT2D eigenvalue weighted by molar-refractivity contribution is -0.139. The molecule has 9 nitrogen and oxygen atoms in total. The van der Waals surface area contributed by atoms with E-state index in [-0.39, 0.29) is 32.0 Å². The fourth-order valence-corrected chi connectivity index (χ4v) is 8.38. The molecule has 11 heteroatoms. The normalized spacial score (nSPS) is 11.7. The topological polar surface area (TPSA) is 98.8 Å². The maximum absolute atomic E-state index is 11.2. The summed E-state index contributed by atoms with van der Waals surface area (Å²) in [4.78, 5) is 22.5. The highest BCUT2D eigenvalue weighted by Gasteiger charge is 2.51. The van der Waals surface area contributed by atoms with Crippen LogP contribution in [0.15, 0.2) is 62.3 Å². The van der Waals surface area contributed by atoms with E-state index in [1.54, 1.807) is 20.8 Å². The van der Waals surface area contributed by atoms with E-state index in [9.17, 15) is 9.59 Å². The predicted octanol–water partition coefficient (Wildman–Crippen LogP) is 3.68.